The molecule has 0 spiro atoms. The predicted octanol–water partition coefficient (Wildman–Crippen LogP) is 0.937. The smallest absolute Gasteiger partial charge is 0.222 e. The molecule has 0 aromatic carbocycles. The number of likely N-dealkylation sites (tertiary alicyclic amines) is 1. The second-order valence-corrected chi connectivity index (χ2v) is 8.21. The summed E-state index contributed by atoms with van der Waals surface area (Å²) in [7, 11) is 1.63. The second-order valence-electron chi connectivity index (χ2n) is 8.21. The minimum atomic E-state index is -0.906. The van der Waals surface area contributed by atoms with Gasteiger partial charge in [0.05, 0.1) is 37.1 Å². The van der Waals surface area contributed by atoms with Gasteiger partial charge in [-0.1, -0.05) is 27.2 Å². The lowest BCUT2D eigenvalue weighted by molar-refractivity contribution is -0.144. The van der Waals surface area contributed by atoms with Crippen molar-refractivity contribution in [1.29, 1.82) is 0 Å². The third-order valence-electron chi connectivity index (χ3n) is 6.34. The van der Waals surface area contributed by atoms with Gasteiger partial charge in [-0.05, 0) is 25.7 Å². The van der Waals surface area contributed by atoms with Crippen molar-refractivity contribution in [3.05, 3.63) is 0 Å². The Kier molecular flexibility index (Phi) is 13.0. The van der Waals surface area contributed by atoms with E-state index in [0.717, 1.165) is 19.3 Å². The van der Waals surface area contributed by atoms with Crippen LogP contribution in [-0.2, 0) is 14.3 Å². The van der Waals surface area contributed by atoms with Crippen molar-refractivity contribution in [1.82, 2.24) is 4.90 Å². The highest BCUT2D eigenvalue weighted by atomic mass is 16.5. The first kappa shape index (κ1) is 27.3. The van der Waals surface area contributed by atoms with Crippen molar-refractivity contribution < 1.29 is 34.7 Å². The van der Waals surface area contributed by atoms with Crippen LogP contribution in [0, 0.1) is 11.8 Å². The first-order valence-electron chi connectivity index (χ1n) is 11.4. The van der Waals surface area contributed by atoms with Gasteiger partial charge in [0.2, 0.25) is 5.91 Å². The monoisotopic (exact) mass is 433 g/mol. The summed E-state index contributed by atoms with van der Waals surface area (Å²) in [5.41, 5.74) is 0. The highest BCUT2D eigenvalue weighted by Gasteiger charge is 2.41. The van der Waals surface area contributed by atoms with Gasteiger partial charge in [0, 0.05) is 45.1 Å². The van der Waals surface area contributed by atoms with Gasteiger partial charge in [-0.15, -0.1) is 0 Å². The fourth-order valence-corrected chi connectivity index (χ4v) is 4.32. The first-order valence-corrected chi connectivity index (χ1v) is 11.4. The molecule has 1 heterocycles. The summed E-state index contributed by atoms with van der Waals surface area (Å²) in [6, 6.07) is -0.144. The molecule has 2 unspecified atom stereocenters. The number of nitrogens with zero attached hydrogens (tertiary/aromatic N) is 1. The number of aliphatic hydroxyl groups is 4. The average molecular weight is 434 g/mol. The number of hydrogen-bond donors (Lipinski definition) is 4. The minimum Gasteiger partial charge on any atom is -0.396 e. The number of unbranched alkanes of at least 4 members (excludes halogenated alkanes) is 2. The zero-order chi connectivity index (χ0) is 22.7. The van der Waals surface area contributed by atoms with Crippen LogP contribution in [0.1, 0.15) is 59.3 Å². The largest absolute Gasteiger partial charge is 0.396 e. The molecule has 7 atom stereocenters. The lowest BCUT2D eigenvalue weighted by Gasteiger charge is -2.40. The Morgan fingerprint density at radius 2 is 1.73 bits per heavy atom. The quantitative estimate of drug-likeness (QED) is 0.379. The van der Waals surface area contributed by atoms with E-state index in [1.807, 2.05) is 20.8 Å². The van der Waals surface area contributed by atoms with Crippen LogP contribution < -0.4 is 0 Å². The van der Waals surface area contributed by atoms with Gasteiger partial charge in [-0.3, -0.25) is 4.79 Å². The van der Waals surface area contributed by atoms with Gasteiger partial charge in [0.1, 0.15) is 0 Å². The lowest BCUT2D eigenvalue weighted by atomic mass is 9.77. The van der Waals surface area contributed by atoms with E-state index >= 15 is 0 Å². The highest BCUT2D eigenvalue weighted by molar-refractivity contribution is 5.76. The maximum Gasteiger partial charge on any atom is 0.222 e. The third kappa shape index (κ3) is 7.43. The van der Waals surface area contributed by atoms with Crippen molar-refractivity contribution in [3.63, 3.8) is 0 Å². The molecule has 8 heteroatoms. The van der Waals surface area contributed by atoms with Gasteiger partial charge in [0.15, 0.2) is 0 Å². The van der Waals surface area contributed by atoms with Crippen LogP contribution in [0.15, 0.2) is 0 Å². The Morgan fingerprint density at radius 1 is 1.03 bits per heavy atom. The van der Waals surface area contributed by atoms with Gasteiger partial charge < -0.3 is 34.8 Å². The molecule has 1 saturated heterocycles. The Bertz CT molecular complexity index is 476. The summed E-state index contributed by atoms with van der Waals surface area (Å²) in [6.45, 7) is 6.73. The van der Waals surface area contributed by atoms with E-state index in [1.165, 1.54) is 0 Å². The molecule has 0 aromatic rings. The number of ether oxygens (including phenoxy) is 2. The molecule has 8 nitrogen and oxygen atoms in total. The van der Waals surface area contributed by atoms with Crippen molar-refractivity contribution >= 4 is 5.91 Å². The zero-order valence-corrected chi connectivity index (χ0v) is 19.1. The molecule has 1 aliphatic heterocycles. The molecule has 0 radical (unpaired) electrons. The minimum absolute atomic E-state index is 0.00333. The van der Waals surface area contributed by atoms with E-state index in [4.69, 9.17) is 9.47 Å². The van der Waals surface area contributed by atoms with Crippen LogP contribution in [0.5, 0.6) is 0 Å². The summed E-state index contributed by atoms with van der Waals surface area (Å²) < 4.78 is 11.2. The second kappa shape index (κ2) is 14.3. The first-order chi connectivity index (χ1) is 14.4. The van der Waals surface area contributed by atoms with Crippen LogP contribution in [0.25, 0.3) is 0 Å². The molecule has 1 aliphatic carbocycles. The molecule has 178 valence electrons. The highest BCUT2D eigenvalue weighted by Crippen LogP contribution is 2.31. The number of carbonyl (C=O) groups excluding carboxylic acids is 1. The van der Waals surface area contributed by atoms with Crippen LogP contribution in [-0.4, -0.2) is 95.2 Å². The van der Waals surface area contributed by atoms with Gasteiger partial charge in [0.25, 0.3) is 0 Å². The molecule has 2 fully saturated rings. The molecular weight excluding hydrogens is 390 g/mol. The predicted molar refractivity (Wildman–Crippen MR) is 114 cm³/mol. The molecule has 30 heavy (non-hydrogen) atoms. The molecule has 2 rings (SSSR count). The SMILES string of the molecule is CC.CO[C@@H]1C[C@@H](CO)N(C(=O)CCCCCO[C@@H]2CC(CO)[C@H](O)[C@H](O)C2C)C1. The average Bonchev–Trinajstić information content (AvgIpc) is 3.21. The Hall–Kier alpha value is -0.770. The molecule has 1 amide bonds. The molecule has 2 aliphatic rings. The fourth-order valence-electron chi connectivity index (χ4n) is 4.32. The Balaban J connectivity index is 0.00000218. The normalized spacial score (nSPS) is 33.9. The van der Waals surface area contributed by atoms with Gasteiger partial charge >= 0.3 is 0 Å². The summed E-state index contributed by atoms with van der Waals surface area (Å²) >= 11 is 0. The molecule has 1 saturated carbocycles. The maximum absolute atomic E-state index is 12.4. The van der Waals surface area contributed by atoms with Crippen molar-refractivity contribution in [3.8, 4) is 0 Å². The fraction of sp³-hybridized carbons (Fsp3) is 0.955. The number of aliphatic hydroxyl groups excluding tert-OH is 4. The standard InChI is InChI=1S/C20H37NO7.C2H6/c1-13-17(8-14(11-22)20(26)19(13)25)28-7-5-3-4-6-18(24)21-10-16(27-2)9-15(21)12-23;1-2/h13-17,19-20,22-23,25-26H,3-12H2,1-2H3;1-2H3/t13?,14?,15-,16+,17+,19+,20-;/m0./s1. The van der Waals surface area contributed by atoms with Crippen LogP contribution in [0.4, 0.5) is 0 Å². The summed E-state index contributed by atoms with van der Waals surface area (Å²) in [5, 5.41) is 38.8. The van der Waals surface area contributed by atoms with E-state index in [0.29, 0.717) is 32.4 Å². The summed E-state index contributed by atoms with van der Waals surface area (Å²) in [6.07, 6.45) is 2.12. The van der Waals surface area contributed by atoms with Crippen molar-refractivity contribution in [2.24, 2.45) is 11.8 Å². The summed E-state index contributed by atoms with van der Waals surface area (Å²) in [5.74, 6) is -0.480. The molecule has 4 N–H and O–H groups in total. The summed E-state index contributed by atoms with van der Waals surface area (Å²) in [4.78, 5) is 14.1. The number of rotatable bonds is 10. The number of amides is 1. The van der Waals surface area contributed by atoms with Gasteiger partial charge in [-0.2, -0.15) is 0 Å². The van der Waals surface area contributed by atoms with E-state index in [-0.39, 0.29) is 49.2 Å². The van der Waals surface area contributed by atoms with Gasteiger partial charge in [-0.25, -0.2) is 0 Å². The number of hydrogen-bond acceptors (Lipinski definition) is 7. The topological polar surface area (TPSA) is 120 Å². The van der Waals surface area contributed by atoms with Crippen molar-refractivity contribution in [2.45, 2.75) is 89.8 Å². The van der Waals surface area contributed by atoms with E-state index in [2.05, 4.69) is 0 Å². The molecule has 0 aromatic heterocycles. The number of carbonyl (C=O) groups is 1. The lowest BCUT2D eigenvalue weighted by Crippen LogP contribution is -2.50. The van der Waals surface area contributed by atoms with Crippen molar-refractivity contribution in [2.75, 3.05) is 33.5 Å². The third-order valence-corrected chi connectivity index (χ3v) is 6.34. The zero-order valence-electron chi connectivity index (χ0n) is 19.1. The molecule has 0 bridgehead atoms. The van der Waals surface area contributed by atoms with Crippen LogP contribution in [0.2, 0.25) is 0 Å². The Morgan fingerprint density at radius 3 is 2.33 bits per heavy atom. The number of methoxy groups -OCH3 is 1. The van der Waals surface area contributed by atoms with Crippen LogP contribution in [0.3, 0.4) is 0 Å². The maximum atomic E-state index is 12.4. The molecular formula is C22H43NO7. The van der Waals surface area contributed by atoms with E-state index in [1.54, 1.807) is 12.0 Å². The van der Waals surface area contributed by atoms with Crippen LogP contribution >= 0.6 is 0 Å². The van der Waals surface area contributed by atoms with E-state index in [9.17, 15) is 25.2 Å². The Labute approximate surface area is 181 Å². The van der Waals surface area contributed by atoms with E-state index < -0.39 is 12.2 Å².